The van der Waals surface area contributed by atoms with Gasteiger partial charge in [-0.2, -0.15) is 0 Å². The third kappa shape index (κ3) is 13.3. The molecule has 16 nitrogen and oxygen atoms in total. The standard InChI is InChI=1S/C16H28N4O12/c17-13-1-3-18(4-2-13)15(21)11-14(12-28-7-10-31-20(25)26)32-16(22)29-8-5-27-6-9-30-19(23)24/h13-14H,1-12,17H2. The van der Waals surface area contributed by atoms with Gasteiger partial charge in [-0.05, 0) is 12.8 Å². The molecule has 184 valence electrons. The van der Waals surface area contributed by atoms with Gasteiger partial charge in [-0.1, -0.05) is 0 Å². The lowest BCUT2D eigenvalue weighted by molar-refractivity contribution is -0.758. The zero-order valence-electron chi connectivity index (χ0n) is 17.5. The van der Waals surface area contributed by atoms with E-state index in [-0.39, 0.29) is 64.6 Å². The summed E-state index contributed by atoms with van der Waals surface area (Å²) >= 11 is 0. The fourth-order valence-corrected chi connectivity index (χ4v) is 2.62. The van der Waals surface area contributed by atoms with Crippen LogP contribution in [0.5, 0.6) is 0 Å². The molecule has 0 aliphatic carbocycles. The van der Waals surface area contributed by atoms with Crippen LogP contribution in [0, 0.1) is 20.2 Å². The monoisotopic (exact) mass is 468 g/mol. The van der Waals surface area contributed by atoms with E-state index in [9.17, 15) is 29.8 Å². The number of hydrogen-bond donors (Lipinski definition) is 1. The topological polar surface area (TPSA) is 205 Å². The fourth-order valence-electron chi connectivity index (χ4n) is 2.62. The highest BCUT2D eigenvalue weighted by molar-refractivity contribution is 5.77. The van der Waals surface area contributed by atoms with Gasteiger partial charge in [0.25, 0.3) is 10.2 Å². The Morgan fingerprint density at radius 3 is 2.09 bits per heavy atom. The fraction of sp³-hybridized carbons (Fsp3) is 0.875. The summed E-state index contributed by atoms with van der Waals surface area (Å²) in [6.07, 6.45) is -0.897. The highest BCUT2D eigenvalue weighted by Crippen LogP contribution is 2.12. The minimum absolute atomic E-state index is 0.0410. The Morgan fingerprint density at radius 2 is 1.50 bits per heavy atom. The summed E-state index contributed by atoms with van der Waals surface area (Å²) in [7, 11) is 0. The van der Waals surface area contributed by atoms with Crippen LogP contribution in [0.3, 0.4) is 0 Å². The Balaban J connectivity index is 2.38. The second kappa shape index (κ2) is 15.8. The summed E-state index contributed by atoms with van der Waals surface area (Å²) in [5.41, 5.74) is 5.83. The Labute approximate surface area is 183 Å². The van der Waals surface area contributed by atoms with Crippen LogP contribution >= 0.6 is 0 Å². The molecule has 2 N–H and O–H groups in total. The van der Waals surface area contributed by atoms with Gasteiger partial charge in [0.05, 0.1) is 32.8 Å². The van der Waals surface area contributed by atoms with E-state index in [2.05, 4.69) is 9.68 Å². The minimum atomic E-state index is -1.07. The van der Waals surface area contributed by atoms with Crippen LogP contribution in [0.2, 0.25) is 0 Å². The van der Waals surface area contributed by atoms with E-state index in [1.54, 1.807) is 4.90 Å². The first-order valence-electron chi connectivity index (χ1n) is 9.84. The number of nitrogens with zero attached hydrogens (tertiary/aromatic N) is 3. The summed E-state index contributed by atoms with van der Waals surface area (Å²) in [5.74, 6) is -0.256. The average Bonchev–Trinajstić information content (AvgIpc) is 2.72. The number of ether oxygens (including phenoxy) is 4. The third-order valence-corrected chi connectivity index (χ3v) is 4.16. The molecule has 1 atom stereocenters. The molecule has 1 saturated heterocycles. The van der Waals surface area contributed by atoms with Gasteiger partial charge in [0, 0.05) is 19.1 Å². The van der Waals surface area contributed by atoms with Crippen molar-refractivity contribution in [3.05, 3.63) is 20.2 Å². The number of piperidine rings is 1. The maximum absolute atomic E-state index is 12.5. The summed E-state index contributed by atoms with van der Waals surface area (Å²) in [6.45, 7) is -0.274. The first-order valence-corrected chi connectivity index (χ1v) is 9.84. The van der Waals surface area contributed by atoms with Crippen LogP contribution in [0.1, 0.15) is 19.3 Å². The van der Waals surface area contributed by atoms with Crippen molar-refractivity contribution in [3.63, 3.8) is 0 Å². The van der Waals surface area contributed by atoms with Crippen LogP contribution < -0.4 is 5.73 Å². The predicted molar refractivity (Wildman–Crippen MR) is 102 cm³/mol. The number of nitrogens with two attached hydrogens (primary N) is 1. The number of hydrogen-bond acceptors (Lipinski definition) is 13. The van der Waals surface area contributed by atoms with E-state index < -0.39 is 22.4 Å². The molecule has 1 aliphatic heterocycles. The number of carbonyl (C=O) groups is 2. The molecular weight excluding hydrogens is 440 g/mol. The van der Waals surface area contributed by atoms with Crippen molar-refractivity contribution >= 4 is 12.1 Å². The second-order valence-electron chi connectivity index (χ2n) is 6.56. The highest BCUT2D eigenvalue weighted by atomic mass is 17.0. The van der Waals surface area contributed by atoms with E-state index in [1.807, 2.05) is 0 Å². The Morgan fingerprint density at radius 1 is 0.938 bits per heavy atom. The van der Waals surface area contributed by atoms with Crippen molar-refractivity contribution in [2.45, 2.75) is 31.4 Å². The molecule has 1 heterocycles. The van der Waals surface area contributed by atoms with Crippen LogP contribution in [0.4, 0.5) is 4.79 Å². The van der Waals surface area contributed by atoms with Crippen LogP contribution in [0.25, 0.3) is 0 Å². The minimum Gasteiger partial charge on any atom is -0.432 e. The van der Waals surface area contributed by atoms with E-state index in [0.717, 1.165) is 0 Å². The Hall–Kier alpha value is -2.98. The van der Waals surface area contributed by atoms with Gasteiger partial charge in [-0.3, -0.25) is 4.79 Å². The smallest absolute Gasteiger partial charge is 0.432 e. The van der Waals surface area contributed by atoms with E-state index in [4.69, 9.17) is 24.7 Å². The van der Waals surface area contributed by atoms with Crippen molar-refractivity contribution in [2.75, 3.05) is 59.3 Å². The molecule has 0 saturated carbocycles. The normalized spacial score (nSPS) is 15.0. The molecule has 1 amide bonds. The first kappa shape index (κ1) is 27.1. The molecular formula is C16H28N4O12. The number of carbonyl (C=O) groups excluding carboxylic acids is 2. The molecule has 1 fully saturated rings. The zero-order chi connectivity index (χ0) is 23.8. The molecule has 1 aliphatic rings. The second-order valence-corrected chi connectivity index (χ2v) is 6.56. The van der Waals surface area contributed by atoms with Crippen molar-refractivity contribution in [1.82, 2.24) is 4.90 Å². The number of likely N-dealkylation sites (tertiary alicyclic amines) is 1. The Kier molecular flexibility index (Phi) is 13.3. The maximum Gasteiger partial charge on any atom is 0.508 e. The molecule has 16 heteroatoms. The lowest BCUT2D eigenvalue weighted by Crippen LogP contribution is -2.44. The van der Waals surface area contributed by atoms with Gasteiger partial charge in [-0.25, -0.2) is 4.79 Å². The highest BCUT2D eigenvalue weighted by Gasteiger charge is 2.26. The van der Waals surface area contributed by atoms with Crippen molar-refractivity contribution in [3.8, 4) is 0 Å². The van der Waals surface area contributed by atoms with E-state index >= 15 is 0 Å². The largest absolute Gasteiger partial charge is 0.508 e. The SMILES string of the molecule is NC1CCN(C(=O)CC(COCCO[N+](=O)[O-])OC(=O)OCCOCCO[N+](=O)[O-])CC1. The van der Waals surface area contributed by atoms with Crippen molar-refractivity contribution < 1.29 is 48.4 Å². The Bertz CT molecular complexity index is 600. The van der Waals surface area contributed by atoms with Gasteiger partial charge in [0.1, 0.15) is 25.9 Å². The quantitative estimate of drug-likeness (QED) is 0.129. The molecule has 0 aromatic rings. The molecule has 32 heavy (non-hydrogen) atoms. The lowest BCUT2D eigenvalue weighted by Gasteiger charge is -2.31. The van der Waals surface area contributed by atoms with E-state index in [0.29, 0.717) is 25.9 Å². The predicted octanol–water partition coefficient (Wildman–Crippen LogP) is -0.702. The molecule has 1 rings (SSSR count). The lowest BCUT2D eigenvalue weighted by atomic mass is 10.1. The third-order valence-electron chi connectivity index (χ3n) is 4.16. The summed E-state index contributed by atoms with van der Waals surface area (Å²) < 4.78 is 20.1. The van der Waals surface area contributed by atoms with Gasteiger partial charge in [0.2, 0.25) is 5.91 Å². The molecule has 0 radical (unpaired) electrons. The molecule has 1 unspecified atom stereocenters. The molecule has 0 spiro atoms. The van der Waals surface area contributed by atoms with Gasteiger partial charge in [-0.15, -0.1) is 20.2 Å². The molecule has 0 bridgehead atoms. The van der Waals surface area contributed by atoms with Gasteiger partial charge >= 0.3 is 6.16 Å². The summed E-state index contributed by atoms with van der Waals surface area (Å²) in [5, 5.41) is 18.2. The number of amides is 1. The van der Waals surface area contributed by atoms with Crippen LogP contribution in [0.15, 0.2) is 0 Å². The number of rotatable bonds is 16. The van der Waals surface area contributed by atoms with Crippen LogP contribution in [-0.4, -0.2) is 98.6 Å². The van der Waals surface area contributed by atoms with Gasteiger partial charge < -0.3 is 39.3 Å². The van der Waals surface area contributed by atoms with Gasteiger partial charge in [0.15, 0.2) is 0 Å². The van der Waals surface area contributed by atoms with Crippen molar-refractivity contribution in [2.24, 2.45) is 5.73 Å². The van der Waals surface area contributed by atoms with Crippen LogP contribution in [-0.2, 0) is 33.4 Å². The zero-order valence-corrected chi connectivity index (χ0v) is 17.5. The van der Waals surface area contributed by atoms with Crippen molar-refractivity contribution in [1.29, 1.82) is 0 Å². The summed E-state index contributed by atoms with van der Waals surface area (Å²) in [4.78, 5) is 54.3. The summed E-state index contributed by atoms with van der Waals surface area (Å²) in [6, 6.07) is 0.0410. The molecule has 0 aromatic heterocycles. The van der Waals surface area contributed by atoms with E-state index in [1.165, 1.54) is 0 Å². The first-order chi connectivity index (χ1) is 15.3. The average molecular weight is 468 g/mol. The maximum atomic E-state index is 12.5. The molecule has 0 aromatic carbocycles.